The average Bonchev–Trinajstić information content (AvgIpc) is 2.80. The monoisotopic (exact) mass is 432 g/mol. The van der Waals surface area contributed by atoms with E-state index in [4.69, 9.17) is 0 Å². The third kappa shape index (κ3) is 4.29. The van der Waals surface area contributed by atoms with Crippen molar-refractivity contribution in [2.45, 2.75) is 13.3 Å². The van der Waals surface area contributed by atoms with Crippen molar-refractivity contribution in [2.75, 3.05) is 33.2 Å². The van der Waals surface area contributed by atoms with Crippen LogP contribution < -0.4 is 21.8 Å². The first-order chi connectivity index (χ1) is 15.3. The maximum Gasteiger partial charge on any atom is 0.274 e. The fourth-order valence-electron chi connectivity index (χ4n) is 4.13. The number of piperazine rings is 1. The predicted molar refractivity (Wildman–Crippen MR) is 126 cm³/mol. The van der Waals surface area contributed by atoms with Gasteiger partial charge >= 0.3 is 0 Å². The highest BCUT2D eigenvalue weighted by Gasteiger charge is 2.24. The Bertz CT molecular complexity index is 1340. The summed E-state index contributed by atoms with van der Waals surface area (Å²) in [6.45, 7) is 5.03. The van der Waals surface area contributed by atoms with E-state index in [0.717, 1.165) is 24.2 Å². The number of aromatic amines is 1. The molecular weight excluding hydrogens is 404 g/mol. The minimum absolute atomic E-state index is 0.0279. The van der Waals surface area contributed by atoms with Crippen molar-refractivity contribution in [3.05, 3.63) is 90.6 Å². The van der Waals surface area contributed by atoms with Crippen LogP contribution in [0.1, 0.15) is 18.9 Å². The fraction of sp³-hybridized carbons (Fsp3) is 0.320. The standard InChI is InChI=1S/C25H28N4O3/c1-17-15-19(9-10-20(17)24(31)29-13-11-27(2)12-14-29)22-25(32)28(3)21(23(30)26-22)16-18-7-5-4-6-8-18/h4-8,10,15-16H,9,11-14H2,1-3H3,(H,26,30)/b21-16-,22-19-. The highest BCUT2D eigenvalue weighted by Crippen LogP contribution is 2.24. The number of amides is 1. The van der Waals surface area contributed by atoms with Crippen LogP contribution in [-0.2, 0) is 11.8 Å². The maximum absolute atomic E-state index is 13.1. The lowest BCUT2D eigenvalue weighted by atomic mass is 9.94. The minimum atomic E-state index is -0.326. The molecule has 1 aromatic carbocycles. The molecule has 0 saturated carbocycles. The minimum Gasteiger partial charge on any atom is -0.336 e. The van der Waals surface area contributed by atoms with E-state index in [-0.39, 0.29) is 22.4 Å². The molecule has 0 radical (unpaired) electrons. The number of nitrogens with zero attached hydrogens (tertiary/aromatic N) is 3. The molecule has 7 heteroatoms. The molecule has 2 aliphatic rings. The molecule has 0 unspecified atom stereocenters. The van der Waals surface area contributed by atoms with E-state index in [2.05, 4.69) is 16.9 Å². The van der Waals surface area contributed by atoms with E-state index < -0.39 is 0 Å². The molecule has 1 aliphatic heterocycles. The molecule has 0 bridgehead atoms. The van der Waals surface area contributed by atoms with Crippen LogP contribution in [-0.4, -0.2) is 58.5 Å². The fourth-order valence-corrected chi connectivity index (χ4v) is 4.13. The molecule has 1 saturated heterocycles. The molecule has 7 nitrogen and oxygen atoms in total. The lowest BCUT2D eigenvalue weighted by molar-refractivity contribution is -0.128. The molecular formula is C25H28N4O3. The van der Waals surface area contributed by atoms with Gasteiger partial charge in [-0.1, -0.05) is 42.5 Å². The van der Waals surface area contributed by atoms with E-state index in [0.29, 0.717) is 36.0 Å². The number of hydrogen-bond acceptors (Lipinski definition) is 4. The van der Waals surface area contributed by atoms with E-state index in [1.165, 1.54) is 4.57 Å². The Morgan fingerprint density at radius 1 is 1.03 bits per heavy atom. The van der Waals surface area contributed by atoms with Gasteiger partial charge in [0.15, 0.2) is 0 Å². The van der Waals surface area contributed by atoms with Crippen LogP contribution in [0.3, 0.4) is 0 Å². The van der Waals surface area contributed by atoms with E-state index in [9.17, 15) is 14.4 Å². The molecule has 166 valence electrons. The van der Waals surface area contributed by atoms with Crippen molar-refractivity contribution >= 4 is 17.6 Å². The summed E-state index contributed by atoms with van der Waals surface area (Å²) in [5, 5.41) is 0.563. The summed E-state index contributed by atoms with van der Waals surface area (Å²) in [5.41, 5.74) is 2.43. The number of H-pyrrole nitrogens is 1. The molecule has 4 rings (SSSR count). The highest BCUT2D eigenvalue weighted by molar-refractivity contribution is 5.99. The van der Waals surface area contributed by atoms with Crippen molar-refractivity contribution in [1.82, 2.24) is 19.4 Å². The van der Waals surface area contributed by atoms with Gasteiger partial charge in [0, 0.05) is 38.8 Å². The van der Waals surface area contributed by atoms with Gasteiger partial charge < -0.3 is 19.4 Å². The Labute approximate surface area is 186 Å². The lowest BCUT2D eigenvalue weighted by Crippen LogP contribution is -2.53. The van der Waals surface area contributed by atoms with Crippen LogP contribution in [0.4, 0.5) is 0 Å². The molecule has 2 aromatic rings. The third-order valence-corrected chi connectivity index (χ3v) is 6.14. The van der Waals surface area contributed by atoms with Crippen LogP contribution in [0.25, 0.3) is 11.6 Å². The lowest BCUT2D eigenvalue weighted by Gasteiger charge is -2.33. The molecule has 1 aromatic heterocycles. The van der Waals surface area contributed by atoms with Gasteiger partial charge in [0.2, 0.25) is 0 Å². The van der Waals surface area contributed by atoms with Gasteiger partial charge in [0.05, 0.1) is 0 Å². The Kier molecular flexibility index (Phi) is 6.10. The van der Waals surface area contributed by atoms with E-state index in [1.54, 1.807) is 13.1 Å². The number of hydrogen-bond donors (Lipinski definition) is 1. The smallest absolute Gasteiger partial charge is 0.274 e. The summed E-state index contributed by atoms with van der Waals surface area (Å²) >= 11 is 0. The maximum atomic E-state index is 13.1. The molecule has 0 atom stereocenters. The zero-order valence-corrected chi connectivity index (χ0v) is 18.7. The first-order valence-electron chi connectivity index (χ1n) is 10.8. The van der Waals surface area contributed by atoms with Gasteiger partial charge in [-0.25, -0.2) is 0 Å². The number of likely N-dealkylation sites (N-methyl/N-ethyl adjacent to an activating group) is 1. The second-order valence-electron chi connectivity index (χ2n) is 8.40. The van der Waals surface area contributed by atoms with Crippen molar-refractivity contribution in [1.29, 1.82) is 0 Å². The molecule has 1 amide bonds. The van der Waals surface area contributed by atoms with Gasteiger partial charge in [-0.2, -0.15) is 0 Å². The molecule has 0 spiro atoms. The Hall–Kier alpha value is -3.45. The predicted octanol–water partition coefficient (Wildman–Crippen LogP) is 0.104. The van der Waals surface area contributed by atoms with E-state index >= 15 is 0 Å². The molecule has 1 N–H and O–H groups in total. The zero-order valence-electron chi connectivity index (χ0n) is 18.7. The van der Waals surface area contributed by atoms with Crippen molar-refractivity contribution in [3.63, 3.8) is 0 Å². The third-order valence-electron chi connectivity index (χ3n) is 6.14. The van der Waals surface area contributed by atoms with Crippen LogP contribution in [0.5, 0.6) is 0 Å². The van der Waals surface area contributed by atoms with E-state index in [1.807, 2.05) is 54.3 Å². The summed E-state index contributed by atoms with van der Waals surface area (Å²) in [5.74, 6) is 0.0279. The molecule has 2 heterocycles. The first kappa shape index (κ1) is 21.8. The number of rotatable bonds is 2. The van der Waals surface area contributed by atoms with Gasteiger partial charge in [0.1, 0.15) is 10.7 Å². The second kappa shape index (κ2) is 8.96. The number of carbonyl (C=O) groups is 1. The van der Waals surface area contributed by atoms with Gasteiger partial charge in [-0.3, -0.25) is 14.4 Å². The largest absolute Gasteiger partial charge is 0.336 e. The highest BCUT2D eigenvalue weighted by atomic mass is 16.2. The number of nitrogens with one attached hydrogen (secondary N) is 1. The van der Waals surface area contributed by atoms with Crippen molar-refractivity contribution in [2.24, 2.45) is 7.05 Å². The topological polar surface area (TPSA) is 78.4 Å². The second-order valence-corrected chi connectivity index (χ2v) is 8.40. The summed E-state index contributed by atoms with van der Waals surface area (Å²) in [6, 6.07) is 9.41. The summed E-state index contributed by atoms with van der Waals surface area (Å²) in [4.78, 5) is 45.7. The van der Waals surface area contributed by atoms with Crippen LogP contribution in [0, 0.1) is 0 Å². The van der Waals surface area contributed by atoms with Gasteiger partial charge in [-0.15, -0.1) is 0 Å². The number of benzene rings is 1. The Balaban J connectivity index is 1.70. The van der Waals surface area contributed by atoms with Crippen LogP contribution >= 0.6 is 0 Å². The van der Waals surface area contributed by atoms with Crippen LogP contribution in [0.2, 0.25) is 0 Å². The molecule has 1 aliphatic carbocycles. The Morgan fingerprint density at radius 3 is 2.38 bits per heavy atom. The first-order valence-corrected chi connectivity index (χ1v) is 10.8. The quantitative estimate of drug-likeness (QED) is 0.731. The summed E-state index contributed by atoms with van der Waals surface area (Å²) < 4.78 is 1.38. The number of aromatic nitrogens is 2. The summed E-state index contributed by atoms with van der Waals surface area (Å²) in [6.07, 6.45) is 5.83. The molecule has 1 fully saturated rings. The van der Waals surface area contributed by atoms with Crippen molar-refractivity contribution < 1.29 is 4.79 Å². The Morgan fingerprint density at radius 2 is 1.72 bits per heavy atom. The van der Waals surface area contributed by atoms with Crippen LogP contribution in [0.15, 0.2) is 63.2 Å². The van der Waals surface area contributed by atoms with Gasteiger partial charge in [0.25, 0.3) is 17.0 Å². The number of carbonyl (C=O) groups excluding carboxylic acids is 1. The normalized spacial score (nSPS) is 19.6. The zero-order chi connectivity index (χ0) is 22.8. The SMILES string of the molecule is CC1=C/C(=c2\[nH]c(=O)/c(=C/c3ccccc3)n(C)c2=O)CC=C1C(=O)N1CCN(C)CC1. The van der Waals surface area contributed by atoms with Gasteiger partial charge in [-0.05, 0) is 43.2 Å². The van der Waals surface area contributed by atoms with Crippen molar-refractivity contribution in [3.8, 4) is 0 Å². The molecule has 32 heavy (non-hydrogen) atoms. The number of allylic oxidation sites excluding steroid dienone is 2. The summed E-state index contributed by atoms with van der Waals surface area (Å²) in [7, 11) is 3.66. The average molecular weight is 433 g/mol.